The Balaban J connectivity index is 2.21. The summed E-state index contributed by atoms with van der Waals surface area (Å²) >= 11 is 0. The number of benzene rings is 1. The van der Waals surface area contributed by atoms with E-state index in [2.05, 4.69) is 5.32 Å². The number of nitrogens with one attached hydrogen (secondary N) is 1. The van der Waals surface area contributed by atoms with Crippen molar-refractivity contribution in [3.05, 3.63) is 35.4 Å². The molecule has 2 rings (SSSR count). The van der Waals surface area contributed by atoms with Crippen LogP contribution in [0.2, 0.25) is 0 Å². The predicted octanol–water partition coefficient (Wildman–Crippen LogP) is 0.942. The first-order valence-electron chi connectivity index (χ1n) is 6.68. The highest BCUT2D eigenvalue weighted by Crippen LogP contribution is 2.15. The van der Waals surface area contributed by atoms with Crippen molar-refractivity contribution in [1.29, 1.82) is 0 Å². The van der Waals surface area contributed by atoms with E-state index in [1.807, 2.05) is 0 Å². The molecule has 0 radical (unpaired) electrons. The minimum atomic E-state index is -1.09. The van der Waals surface area contributed by atoms with Crippen LogP contribution in [-0.4, -0.2) is 49.1 Å². The molecule has 0 aliphatic carbocycles. The summed E-state index contributed by atoms with van der Waals surface area (Å²) in [5, 5.41) is 3.00. The molecule has 5 nitrogen and oxygen atoms in total. The van der Waals surface area contributed by atoms with Crippen LogP contribution < -0.4 is 5.32 Å². The summed E-state index contributed by atoms with van der Waals surface area (Å²) in [7, 11) is 0. The van der Waals surface area contributed by atoms with Crippen LogP contribution in [0.15, 0.2) is 18.2 Å². The molecule has 1 N–H and O–H groups in total. The van der Waals surface area contributed by atoms with E-state index in [0.29, 0.717) is 13.1 Å². The molecule has 114 valence electrons. The maximum atomic E-state index is 13.2. The molecule has 1 atom stereocenters. The molecule has 0 aromatic heterocycles. The van der Waals surface area contributed by atoms with Gasteiger partial charge in [-0.15, -0.1) is 0 Å². The number of halogens is 2. The number of ether oxygens (including phenoxy) is 1. The van der Waals surface area contributed by atoms with E-state index in [1.165, 1.54) is 11.0 Å². The van der Waals surface area contributed by atoms with Gasteiger partial charge in [0.15, 0.2) is 11.6 Å². The second-order valence-electron chi connectivity index (χ2n) is 4.60. The number of amides is 1. The largest absolute Gasteiger partial charge is 0.464 e. The lowest BCUT2D eigenvalue weighted by Gasteiger charge is -2.34. The van der Waals surface area contributed by atoms with Crippen LogP contribution >= 0.6 is 0 Å². The molecule has 1 amide bonds. The Morgan fingerprint density at radius 3 is 2.81 bits per heavy atom. The summed E-state index contributed by atoms with van der Waals surface area (Å²) in [6, 6.07) is 2.16. The maximum absolute atomic E-state index is 13.2. The molecule has 1 saturated heterocycles. The smallest absolute Gasteiger partial charge is 0.330 e. The van der Waals surface area contributed by atoms with Gasteiger partial charge in [-0.25, -0.2) is 13.6 Å². The molecule has 1 aromatic carbocycles. The monoisotopic (exact) mass is 298 g/mol. The quantitative estimate of drug-likeness (QED) is 0.844. The van der Waals surface area contributed by atoms with Crippen molar-refractivity contribution in [2.75, 3.05) is 26.2 Å². The fourth-order valence-electron chi connectivity index (χ4n) is 2.19. The normalized spacial score (nSPS) is 18.4. The number of nitrogens with zero attached hydrogens (tertiary/aromatic N) is 1. The van der Waals surface area contributed by atoms with E-state index in [-0.39, 0.29) is 18.7 Å². The lowest BCUT2D eigenvalue weighted by atomic mass is 10.1. The van der Waals surface area contributed by atoms with Crippen molar-refractivity contribution in [1.82, 2.24) is 10.2 Å². The number of carbonyl (C=O) groups is 2. The van der Waals surface area contributed by atoms with Gasteiger partial charge >= 0.3 is 5.97 Å². The first-order valence-corrected chi connectivity index (χ1v) is 6.68. The van der Waals surface area contributed by atoms with E-state index in [1.54, 1.807) is 6.92 Å². The highest BCUT2D eigenvalue weighted by atomic mass is 19.2. The molecular formula is C14H16F2N2O3. The van der Waals surface area contributed by atoms with Crippen LogP contribution in [0.1, 0.15) is 17.3 Å². The Kier molecular flexibility index (Phi) is 4.85. The molecule has 1 aromatic rings. The van der Waals surface area contributed by atoms with Gasteiger partial charge in [-0.2, -0.15) is 0 Å². The summed E-state index contributed by atoms with van der Waals surface area (Å²) in [5.41, 5.74) is 0.00472. The van der Waals surface area contributed by atoms with E-state index >= 15 is 0 Å². The number of rotatable bonds is 3. The van der Waals surface area contributed by atoms with E-state index in [0.717, 1.165) is 12.1 Å². The predicted molar refractivity (Wildman–Crippen MR) is 70.7 cm³/mol. The number of carbonyl (C=O) groups excluding carboxylic acids is 2. The fraction of sp³-hybridized carbons (Fsp3) is 0.429. The minimum absolute atomic E-state index is 0.00472. The van der Waals surface area contributed by atoms with Crippen molar-refractivity contribution in [3.8, 4) is 0 Å². The molecule has 1 unspecified atom stereocenters. The first-order chi connectivity index (χ1) is 10.0. The molecule has 1 fully saturated rings. The molecule has 0 saturated carbocycles. The van der Waals surface area contributed by atoms with E-state index in [9.17, 15) is 18.4 Å². The van der Waals surface area contributed by atoms with Gasteiger partial charge in [0, 0.05) is 25.2 Å². The lowest BCUT2D eigenvalue weighted by Crippen LogP contribution is -2.57. The third-order valence-corrected chi connectivity index (χ3v) is 3.23. The Morgan fingerprint density at radius 1 is 1.38 bits per heavy atom. The Labute approximate surface area is 120 Å². The zero-order valence-corrected chi connectivity index (χ0v) is 11.6. The van der Waals surface area contributed by atoms with E-state index in [4.69, 9.17) is 4.74 Å². The number of piperazine rings is 1. The highest BCUT2D eigenvalue weighted by molar-refractivity contribution is 5.97. The summed E-state index contributed by atoms with van der Waals surface area (Å²) < 4.78 is 31.1. The van der Waals surface area contributed by atoms with Gasteiger partial charge < -0.3 is 15.0 Å². The standard InChI is InChI=1S/C14H16F2N2O3/c1-2-21-14(20)12-8-17-5-6-18(12)13(19)9-3-4-10(15)11(16)7-9/h3-4,7,12,17H,2,5-6,8H2,1H3. The van der Waals surface area contributed by atoms with Crippen LogP contribution in [0.4, 0.5) is 8.78 Å². The van der Waals surface area contributed by atoms with Gasteiger partial charge in [0.05, 0.1) is 6.61 Å². The third kappa shape index (κ3) is 3.36. The molecule has 0 spiro atoms. The molecule has 1 heterocycles. The molecule has 7 heteroatoms. The lowest BCUT2D eigenvalue weighted by molar-refractivity contribution is -0.149. The van der Waals surface area contributed by atoms with Gasteiger partial charge in [0.25, 0.3) is 5.91 Å². The average Bonchev–Trinajstić information content (AvgIpc) is 2.49. The topological polar surface area (TPSA) is 58.6 Å². The maximum Gasteiger partial charge on any atom is 0.330 e. The molecular weight excluding hydrogens is 282 g/mol. The van der Waals surface area contributed by atoms with Crippen LogP contribution in [-0.2, 0) is 9.53 Å². The van der Waals surface area contributed by atoms with Crippen LogP contribution in [0.25, 0.3) is 0 Å². The number of esters is 1. The van der Waals surface area contributed by atoms with Crippen LogP contribution in [0.5, 0.6) is 0 Å². The van der Waals surface area contributed by atoms with E-state index < -0.39 is 29.6 Å². The molecule has 21 heavy (non-hydrogen) atoms. The molecule has 1 aliphatic rings. The Morgan fingerprint density at radius 2 is 2.14 bits per heavy atom. The Hall–Kier alpha value is -2.02. The molecule has 1 aliphatic heterocycles. The second-order valence-corrected chi connectivity index (χ2v) is 4.60. The second kappa shape index (κ2) is 6.62. The number of hydrogen-bond acceptors (Lipinski definition) is 4. The van der Waals surface area contributed by atoms with Crippen molar-refractivity contribution in [2.45, 2.75) is 13.0 Å². The third-order valence-electron chi connectivity index (χ3n) is 3.23. The zero-order chi connectivity index (χ0) is 15.4. The summed E-state index contributed by atoms with van der Waals surface area (Å²) in [6.45, 7) is 2.97. The Bertz CT molecular complexity index is 551. The van der Waals surface area contributed by atoms with Crippen LogP contribution in [0, 0.1) is 11.6 Å². The van der Waals surface area contributed by atoms with Crippen molar-refractivity contribution in [2.24, 2.45) is 0 Å². The minimum Gasteiger partial charge on any atom is -0.464 e. The van der Waals surface area contributed by atoms with Gasteiger partial charge in [-0.05, 0) is 25.1 Å². The van der Waals surface area contributed by atoms with Crippen LogP contribution in [0.3, 0.4) is 0 Å². The molecule has 0 bridgehead atoms. The first kappa shape index (κ1) is 15.4. The van der Waals surface area contributed by atoms with Gasteiger partial charge in [0.1, 0.15) is 6.04 Å². The summed E-state index contributed by atoms with van der Waals surface area (Å²) in [6.07, 6.45) is 0. The van der Waals surface area contributed by atoms with Gasteiger partial charge in [0.2, 0.25) is 0 Å². The fourth-order valence-corrected chi connectivity index (χ4v) is 2.19. The van der Waals surface area contributed by atoms with Gasteiger partial charge in [-0.3, -0.25) is 4.79 Å². The SMILES string of the molecule is CCOC(=O)C1CNCCN1C(=O)c1ccc(F)c(F)c1. The van der Waals surface area contributed by atoms with Gasteiger partial charge in [-0.1, -0.05) is 0 Å². The summed E-state index contributed by atoms with van der Waals surface area (Å²) in [4.78, 5) is 25.6. The number of hydrogen-bond donors (Lipinski definition) is 1. The highest BCUT2D eigenvalue weighted by Gasteiger charge is 2.33. The summed E-state index contributed by atoms with van der Waals surface area (Å²) in [5.74, 6) is -3.15. The van der Waals surface area contributed by atoms with Crippen molar-refractivity contribution in [3.63, 3.8) is 0 Å². The average molecular weight is 298 g/mol. The van der Waals surface area contributed by atoms with Crippen molar-refractivity contribution >= 4 is 11.9 Å². The van der Waals surface area contributed by atoms with Crippen molar-refractivity contribution < 1.29 is 23.1 Å². The zero-order valence-electron chi connectivity index (χ0n) is 11.6.